The predicted octanol–water partition coefficient (Wildman–Crippen LogP) is 2.46. The molecule has 0 aromatic heterocycles. The molecule has 19 heavy (non-hydrogen) atoms. The van der Waals surface area contributed by atoms with Crippen molar-refractivity contribution in [2.24, 2.45) is 5.92 Å². The minimum absolute atomic E-state index is 0.0650. The summed E-state index contributed by atoms with van der Waals surface area (Å²) in [5, 5.41) is 12.2. The number of rotatable bonds is 4. The van der Waals surface area contributed by atoms with Crippen LogP contribution in [-0.2, 0) is 4.79 Å². The molecule has 0 aromatic carbocycles. The molecule has 1 rings (SSSR count). The smallest absolute Gasteiger partial charge is 0.326 e. The second-order valence-electron chi connectivity index (χ2n) is 5.52. The number of nitrogens with zero attached hydrogens (tertiary/aromatic N) is 1. The van der Waals surface area contributed by atoms with Gasteiger partial charge in [-0.05, 0) is 25.7 Å². The van der Waals surface area contributed by atoms with E-state index in [1.54, 1.807) is 0 Å². The van der Waals surface area contributed by atoms with E-state index in [-0.39, 0.29) is 12.1 Å². The standard InChI is InChI=1S/C14H26N2O3/c1-4-10(2)11(3)15-14(19)16-9-7-5-6-8-12(16)13(17)18/h10-12H,4-9H2,1-3H3,(H,15,19)(H,17,18). The van der Waals surface area contributed by atoms with Crippen LogP contribution in [0.15, 0.2) is 0 Å². The van der Waals surface area contributed by atoms with E-state index in [2.05, 4.69) is 19.2 Å². The van der Waals surface area contributed by atoms with Crippen molar-refractivity contribution in [3.63, 3.8) is 0 Å². The first-order valence-corrected chi connectivity index (χ1v) is 7.27. The Kier molecular flexibility index (Phi) is 6.12. The van der Waals surface area contributed by atoms with E-state index >= 15 is 0 Å². The second-order valence-corrected chi connectivity index (χ2v) is 5.52. The fourth-order valence-corrected chi connectivity index (χ4v) is 2.38. The first kappa shape index (κ1) is 15.8. The van der Waals surface area contributed by atoms with Crippen molar-refractivity contribution in [1.29, 1.82) is 0 Å². The van der Waals surface area contributed by atoms with Crippen molar-refractivity contribution in [3.05, 3.63) is 0 Å². The number of hydrogen-bond acceptors (Lipinski definition) is 2. The van der Waals surface area contributed by atoms with Crippen molar-refractivity contribution >= 4 is 12.0 Å². The van der Waals surface area contributed by atoms with Gasteiger partial charge in [0.25, 0.3) is 0 Å². The van der Waals surface area contributed by atoms with Crippen molar-refractivity contribution in [2.75, 3.05) is 6.54 Å². The summed E-state index contributed by atoms with van der Waals surface area (Å²) < 4.78 is 0. The fourth-order valence-electron chi connectivity index (χ4n) is 2.38. The normalized spacial score (nSPS) is 23.3. The molecular formula is C14H26N2O3. The van der Waals surface area contributed by atoms with Crippen molar-refractivity contribution in [3.8, 4) is 0 Å². The maximum absolute atomic E-state index is 12.2. The Morgan fingerprint density at radius 2 is 2.00 bits per heavy atom. The highest BCUT2D eigenvalue weighted by Crippen LogP contribution is 2.18. The van der Waals surface area contributed by atoms with Gasteiger partial charge in [0, 0.05) is 12.6 Å². The molecule has 1 aliphatic rings. The van der Waals surface area contributed by atoms with Gasteiger partial charge in [-0.15, -0.1) is 0 Å². The summed E-state index contributed by atoms with van der Waals surface area (Å²) in [6.07, 6.45) is 4.30. The largest absolute Gasteiger partial charge is 0.480 e. The maximum Gasteiger partial charge on any atom is 0.326 e. The lowest BCUT2D eigenvalue weighted by Crippen LogP contribution is -2.52. The van der Waals surface area contributed by atoms with Gasteiger partial charge in [0.1, 0.15) is 6.04 Å². The lowest BCUT2D eigenvalue weighted by molar-refractivity contribution is -0.142. The summed E-state index contributed by atoms with van der Waals surface area (Å²) in [6.45, 7) is 6.68. The average Bonchev–Trinajstić information content (AvgIpc) is 2.62. The number of hydrogen-bond donors (Lipinski definition) is 2. The molecule has 0 saturated carbocycles. The summed E-state index contributed by atoms with van der Waals surface area (Å²) in [7, 11) is 0. The SMILES string of the molecule is CCC(C)C(C)NC(=O)N1CCCCCC1C(=O)O. The van der Waals surface area contributed by atoms with Crippen LogP contribution < -0.4 is 5.32 Å². The number of nitrogens with one attached hydrogen (secondary N) is 1. The third kappa shape index (κ3) is 4.40. The number of carboxylic acids is 1. The predicted molar refractivity (Wildman–Crippen MR) is 74.0 cm³/mol. The molecule has 0 spiro atoms. The van der Waals surface area contributed by atoms with Crippen LogP contribution in [0.4, 0.5) is 4.79 Å². The minimum atomic E-state index is -0.895. The zero-order valence-electron chi connectivity index (χ0n) is 12.2. The van der Waals surface area contributed by atoms with Gasteiger partial charge in [0.2, 0.25) is 0 Å². The number of carbonyl (C=O) groups excluding carboxylic acids is 1. The Morgan fingerprint density at radius 1 is 1.32 bits per heavy atom. The van der Waals surface area contributed by atoms with Gasteiger partial charge in [0.15, 0.2) is 0 Å². The Balaban J connectivity index is 2.68. The first-order chi connectivity index (χ1) is 8.97. The van der Waals surface area contributed by atoms with E-state index in [1.807, 2.05) is 6.92 Å². The second kappa shape index (κ2) is 7.36. The van der Waals surface area contributed by atoms with E-state index in [1.165, 1.54) is 4.90 Å². The van der Waals surface area contributed by atoms with Gasteiger partial charge in [-0.1, -0.05) is 33.1 Å². The van der Waals surface area contributed by atoms with Crippen LogP contribution in [0, 0.1) is 5.92 Å². The molecule has 0 bridgehead atoms. The molecule has 0 aromatic rings. The highest BCUT2D eigenvalue weighted by molar-refractivity contribution is 5.82. The molecule has 0 radical (unpaired) electrons. The molecule has 0 aliphatic carbocycles. The van der Waals surface area contributed by atoms with E-state index < -0.39 is 12.0 Å². The van der Waals surface area contributed by atoms with Crippen LogP contribution in [-0.4, -0.2) is 40.6 Å². The number of carboxylic acid groups (broad SMARTS) is 1. The molecule has 5 heteroatoms. The van der Waals surface area contributed by atoms with Crippen LogP contribution in [0.2, 0.25) is 0 Å². The van der Waals surface area contributed by atoms with Crippen LogP contribution in [0.1, 0.15) is 52.9 Å². The monoisotopic (exact) mass is 270 g/mol. The molecule has 3 unspecified atom stereocenters. The zero-order chi connectivity index (χ0) is 14.4. The molecule has 1 heterocycles. The Morgan fingerprint density at radius 3 is 2.58 bits per heavy atom. The van der Waals surface area contributed by atoms with E-state index in [9.17, 15) is 14.7 Å². The summed E-state index contributed by atoms with van der Waals surface area (Å²) >= 11 is 0. The van der Waals surface area contributed by atoms with Gasteiger partial charge in [0.05, 0.1) is 0 Å². The molecule has 3 atom stereocenters. The maximum atomic E-state index is 12.2. The Hall–Kier alpha value is -1.26. The molecule has 1 saturated heterocycles. The summed E-state index contributed by atoms with van der Waals surface area (Å²) in [6, 6.07) is -0.844. The third-order valence-electron chi connectivity index (χ3n) is 4.15. The number of amides is 2. The van der Waals surface area contributed by atoms with Crippen LogP contribution >= 0.6 is 0 Å². The summed E-state index contributed by atoms with van der Waals surface area (Å²) in [5.41, 5.74) is 0. The molecule has 2 amide bonds. The van der Waals surface area contributed by atoms with Gasteiger partial charge < -0.3 is 15.3 Å². The van der Waals surface area contributed by atoms with Crippen LogP contribution in [0.5, 0.6) is 0 Å². The lowest BCUT2D eigenvalue weighted by Gasteiger charge is -2.30. The zero-order valence-corrected chi connectivity index (χ0v) is 12.2. The van der Waals surface area contributed by atoms with E-state index in [0.717, 1.165) is 25.7 Å². The Labute approximate surface area is 115 Å². The molecular weight excluding hydrogens is 244 g/mol. The number of likely N-dealkylation sites (tertiary alicyclic amines) is 1. The van der Waals surface area contributed by atoms with Crippen molar-refractivity contribution < 1.29 is 14.7 Å². The van der Waals surface area contributed by atoms with Crippen LogP contribution in [0.25, 0.3) is 0 Å². The van der Waals surface area contributed by atoms with Crippen LogP contribution in [0.3, 0.4) is 0 Å². The minimum Gasteiger partial charge on any atom is -0.480 e. The molecule has 5 nitrogen and oxygen atoms in total. The quantitative estimate of drug-likeness (QED) is 0.824. The van der Waals surface area contributed by atoms with Gasteiger partial charge in [-0.25, -0.2) is 9.59 Å². The number of urea groups is 1. The highest BCUT2D eigenvalue weighted by atomic mass is 16.4. The average molecular weight is 270 g/mol. The van der Waals surface area contributed by atoms with E-state index in [0.29, 0.717) is 18.9 Å². The van der Waals surface area contributed by atoms with E-state index in [4.69, 9.17) is 0 Å². The van der Waals surface area contributed by atoms with Gasteiger partial charge in [-0.2, -0.15) is 0 Å². The fraction of sp³-hybridized carbons (Fsp3) is 0.857. The lowest BCUT2D eigenvalue weighted by atomic mass is 10.0. The molecule has 1 fully saturated rings. The molecule has 1 aliphatic heterocycles. The summed E-state index contributed by atoms with van der Waals surface area (Å²) in [4.78, 5) is 25.0. The topological polar surface area (TPSA) is 69.6 Å². The molecule has 110 valence electrons. The number of carbonyl (C=O) groups is 2. The van der Waals surface area contributed by atoms with Crippen molar-refractivity contribution in [2.45, 2.75) is 65.0 Å². The highest BCUT2D eigenvalue weighted by Gasteiger charge is 2.31. The Bertz CT molecular complexity index is 320. The number of aliphatic carboxylic acids is 1. The molecule has 2 N–H and O–H groups in total. The summed E-state index contributed by atoms with van der Waals surface area (Å²) in [5.74, 6) is -0.507. The van der Waals surface area contributed by atoms with Crippen molar-refractivity contribution in [1.82, 2.24) is 10.2 Å². The van der Waals surface area contributed by atoms with Gasteiger partial charge >= 0.3 is 12.0 Å². The van der Waals surface area contributed by atoms with Gasteiger partial charge in [-0.3, -0.25) is 0 Å². The first-order valence-electron chi connectivity index (χ1n) is 7.27. The third-order valence-corrected chi connectivity index (χ3v) is 4.15.